The van der Waals surface area contributed by atoms with Crippen LogP contribution in [0.4, 0.5) is 5.82 Å². The number of aliphatic hydroxyl groups excluding tert-OH is 1. The molecule has 2 aromatic carbocycles. The summed E-state index contributed by atoms with van der Waals surface area (Å²) in [6.07, 6.45) is 1.80. The monoisotopic (exact) mass is 633 g/mol. The number of nitrogens with zero attached hydrogens (tertiary/aromatic N) is 5. The molecule has 0 bridgehead atoms. The van der Waals surface area contributed by atoms with E-state index in [2.05, 4.69) is 39.8 Å². The lowest BCUT2D eigenvalue weighted by Gasteiger charge is -2.18. The van der Waals surface area contributed by atoms with E-state index in [1.54, 1.807) is 0 Å². The Labute approximate surface area is 271 Å². The lowest BCUT2D eigenvalue weighted by molar-refractivity contribution is 0.134. The van der Waals surface area contributed by atoms with Gasteiger partial charge in [0.2, 0.25) is 5.82 Å². The maximum absolute atomic E-state index is 10.9. The molecular weight excluding hydrogens is 586 g/mol. The first-order chi connectivity index (χ1) is 21.9. The molecule has 10 heteroatoms. The maximum atomic E-state index is 10.9. The largest absolute Gasteiger partial charge is 0.390 e. The Morgan fingerprint density at radius 1 is 0.956 bits per heavy atom. The molecule has 2 N–H and O–H groups in total. The topological polar surface area (TPSA) is 110 Å². The summed E-state index contributed by atoms with van der Waals surface area (Å²) in [4.78, 5) is 10.4. The molecule has 5 rings (SSSR count). The van der Waals surface area contributed by atoms with Crippen molar-refractivity contribution in [1.82, 2.24) is 19.7 Å². The van der Waals surface area contributed by atoms with Gasteiger partial charge >= 0.3 is 0 Å². The SMILES string of the molecule is CC.CC.CCCc1nc2ccc(CO)nc2n1Cc1ccc(-c2ccccc2SN(O)c2noc(C)c2C)c(COCC)c1. The van der Waals surface area contributed by atoms with Gasteiger partial charge < -0.3 is 18.9 Å². The Bertz CT molecular complexity index is 1650. The molecule has 0 radical (unpaired) electrons. The summed E-state index contributed by atoms with van der Waals surface area (Å²) in [6, 6.07) is 18.1. The number of aryl methyl sites for hydroxylation is 2. The van der Waals surface area contributed by atoms with Gasteiger partial charge in [-0.25, -0.2) is 9.97 Å². The fourth-order valence-corrected chi connectivity index (χ4v) is 5.63. The van der Waals surface area contributed by atoms with E-state index in [0.717, 1.165) is 67.0 Å². The second-order valence-electron chi connectivity index (χ2n) is 9.84. The number of imidazole rings is 1. The fourth-order valence-electron chi connectivity index (χ4n) is 4.77. The molecule has 45 heavy (non-hydrogen) atoms. The highest BCUT2D eigenvalue weighted by Gasteiger charge is 2.19. The van der Waals surface area contributed by atoms with Gasteiger partial charge in [-0.1, -0.05) is 76.2 Å². The molecule has 0 unspecified atom stereocenters. The Morgan fingerprint density at radius 3 is 2.38 bits per heavy atom. The van der Waals surface area contributed by atoms with Crippen LogP contribution in [0.3, 0.4) is 0 Å². The maximum Gasteiger partial charge on any atom is 0.210 e. The van der Waals surface area contributed by atoms with Gasteiger partial charge in [-0.2, -0.15) is 4.47 Å². The minimum Gasteiger partial charge on any atom is -0.390 e. The van der Waals surface area contributed by atoms with E-state index in [1.807, 2.05) is 84.9 Å². The first kappa shape index (κ1) is 35.8. The van der Waals surface area contributed by atoms with Gasteiger partial charge in [-0.05, 0) is 67.6 Å². The molecule has 0 aliphatic rings. The number of fused-ring (bicyclic) bond motifs is 1. The molecule has 0 saturated heterocycles. The van der Waals surface area contributed by atoms with Gasteiger partial charge in [-0.3, -0.25) is 5.21 Å². The number of pyridine rings is 1. The quantitative estimate of drug-likeness (QED) is 0.103. The Morgan fingerprint density at radius 2 is 1.71 bits per heavy atom. The van der Waals surface area contributed by atoms with Crippen molar-refractivity contribution in [3.63, 3.8) is 0 Å². The average Bonchev–Trinajstić information content (AvgIpc) is 3.60. The Kier molecular flexibility index (Phi) is 14.1. The average molecular weight is 634 g/mol. The molecule has 3 aromatic heterocycles. The van der Waals surface area contributed by atoms with Crippen LogP contribution in [0.2, 0.25) is 0 Å². The molecule has 0 amide bonds. The molecule has 0 aliphatic carbocycles. The molecule has 9 nitrogen and oxygen atoms in total. The molecule has 3 heterocycles. The number of hydrogen-bond acceptors (Lipinski definition) is 9. The van der Waals surface area contributed by atoms with Crippen molar-refractivity contribution in [3.05, 3.63) is 88.6 Å². The zero-order valence-corrected chi connectivity index (χ0v) is 28.6. The normalized spacial score (nSPS) is 10.7. The van der Waals surface area contributed by atoms with Crippen molar-refractivity contribution in [2.75, 3.05) is 11.1 Å². The zero-order chi connectivity index (χ0) is 32.9. The highest BCUT2D eigenvalue weighted by Crippen LogP contribution is 2.38. The summed E-state index contributed by atoms with van der Waals surface area (Å²) < 4.78 is 14.3. The van der Waals surface area contributed by atoms with Crippen molar-refractivity contribution in [2.24, 2.45) is 0 Å². The molecule has 0 fully saturated rings. The summed E-state index contributed by atoms with van der Waals surface area (Å²) >= 11 is 1.18. The smallest absolute Gasteiger partial charge is 0.210 e. The summed E-state index contributed by atoms with van der Waals surface area (Å²) in [5, 5.41) is 24.5. The van der Waals surface area contributed by atoms with E-state index in [4.69, 9.17) is 14.2 Å². The number of ether oxygens (including phenoxy) is 1. The summed E-state index contributed by atoms with van der Waals surface area (Å²) in [5.74, 6) is 2.02. The van der Waals surface area contributed by atoms with Gasteiger partial charge in [0, 0.05) is 35.4 Å². The number of hydrogen-bond donors (Lipinski definition) is 2. The molecule has 0 spiro atoms. The first-order valence-electron chi connectivity index (χ1n) is 15.8. The third-order valence-electron chi connectivity index (χ3n) is 7.01. The van der Waals surface area contributed by atoms with Gasteiger partial charge in [0.05, 0.1) is 25.5 Å². The van der Waals surface area contributed by atoms with Gasteiger partial charge in [-0.15, -0.1) is 0 Å². The Hall–Kier alpha value is -3.70. The molecule has 242 valence electrons. The molecular formula is C35H47N5O4S. The Balaban J connectivity index is 0.00000133. The van der Waals surface area contributed by atoms with E-state index in [9.17, 15) is 10.3 Å². The minimum absolute atomic E-state index is 0.115. The predicted molar refractivity (Wildman–Crippen MR) is 183 cm³/mol. The van der Waals surface area contributed by atoms with Crippen molar-refractivity contribution in [3.8, 4) is 11.1 Å². The van der Waals surface area contributed by atoms with Crippen LogP contribution in [0.5, 0.6) is 0 Å². The van der Waals surface area contributed by atoms with Gasteiger partial charge in [0.15, 0.2) is 5.65 Å². The van der Waals surface area contributed by atoms with E-state index in [-0.39, 0.29) is 6.61 Å². The van der Waals surface area contributed by atoms with Crippen LogP contribution < -0.4 is 4.47 Å². The molecule has 5 aromatic rings. The van der Waals surface area contributed by atoms with Crippen molar-refractivity contribution in [1.29, 1.82) is 0 Å². The second kappa shape index (κ2) is 17.7. The highest BCUT2D eigenvalue weighted by molar-refractivity contribution is 8.00. The first-order valence-corrected chi connectivity index (χ1v) is 16.5. The third kappa shape index (κ3) is 8.52. The number of anilines is 1. The van der Waals surface area contributed by atoms with Gasteiger partial charge in [0.1, 0.15) is 17.1 Å². The standard InChI is InChI=1S/C31H35N5O4S.2C2H6/c1-5-9-29-33-27-15-13-24(18-37)32-31(27)35(29)17-22-12-14-25(23(16-22)19-39-6-2)26-10-7-8-11-28(26)41-36(38)30-20(3)21(4)40-34-30;2*1-2/h7-8,10-16,37-38H,5-6,9,17-19H2,1-4H3;2*1-2H3. The molecule has 0 saturated carbocycles. The van der Waals surface area contributed by atoms with E-state index in [0.29, 0.717) is 37.0 Å². The van der Waals surface area contributed by atoms with Gasteiger partial charge in [0.25, 0.3) is 0 Å². The summed E-state index contributed by atoms with van der Waals surface area (Å²) in [6.45, 7) is 17.3. The van der Waals surface area contributed by atoms with Crippen LogP contribution >= 0.6 is 11.9 Å². The fraction of sp³-hybridized carbons (Fsp3) is 0.400. The number of rotatable bonds is 12. The summed E-state index contributed by atoms with van der Waals surface area (Å²) in [5.41, 5.74) is 7.15. The van der Waals surface area contributed by atoms with Crippen LogP contribution in [0.1, 0.15) is 81.9 Å². The van der Waals surface area contributed by atoms with Crippen LogP contribution in [0, 0.1) is 13.8 Å². The number of benzene rings is 2. The lowest BCUT2D eigenvalue weighted by atomic mass is 9.97. The van der Waals surface area contributed by atoms with Crippen LogP contribution in [-0.2, 0) is 30.9 Å². The predicted octanol–water partition coefficient (Wildman–Crippen LogP) is 8.69. The van der Waals surface area contributed by atoms with Crippen LogP contribution in [0.15, 0.2) is 64.0 Å². The zero-order valence-electron chi connectivity index (χ0n) is 27.8. The molecule has 0 atom stereocenters. The van der Waals surface area contributed by atoms with E-state index in [1.165, 1.54) is 11.9 Å². The third-order valence-corrected chi connectivity index (χ3v) is 7.91. The number of aromatic nitrogens is 4. The molecule has 0 aliphatic heterocycles. The minimum atomic E-state index is -0.115. The second-order valence-corrected chi connectivity index (χ2v) is 10.8. The van der Waals surface area contributed by atoms with Crippen LogP contribution in [-0.4, -0.2) is 36.6 Å². The van der Waals surface area contributed by atoms with E-state index < -0.39 is 0 Å². The summed E-state index contributed by atoms with van der Waals surface area (Å²) in [7, 11) is 0. The highest BCUT2D eigenvalue weighted by atomic mass is 32.2. The van der Waals surface area contributed by atoms with Crippen LogP contribution in [0.25, 0.3) is 22.3 Å². The van der Waals surface area contributed by atoms with E-state index >= 15 is 0 Å². The number of aliphatic hydroxyl groups is 1. The van der Waals surface area contributed by atoms with Crippen molar-refractivity contribution >= 4 is 28.9 Å². The lowest BCUT2D eigenvalue weighted by Crippen LogP contribution is -2.09. The van der Waals surface area contributed by atoms with Crippen molar-refractivity contribution < 1.29 is 19.6 Å². The van der Waals surface area contributed by atoms with Crippen molar-refractivity contribution in [2.45, 2.75) is 92.9 Å².